The molecule has 0 aromatic carbocycles. The lowest BCUT2D eigenvalue weighted by Crippen LogP contribution is -2.27. The van der Waals surface area contributed by atoms with Crippen molar-refractivity contribution in [1.29, 1.82) is 0 Å². The summed E-state index contributed by atoms with van der Waals surface area (Å²) in [6, 6.07) is 0. The van der Waals surface area contributed by atoms with E-state index in [0.717, 1.165) is 103 Å². The second-order valence-corrected chi connectivity index (χ2v) is 30.5. The Labute approximate surface area is 626 Å². The van der Waals surface area contributed by atoms with Gasteiger partial charge in [0.15, 0.2) is 0 Å². The summed E-state index contributed by atoms with van der Waals surface area (Å²) < 4.78 is 21.4. The summed E-state index contributed by atoms with van der Waals surface area (Å²) in [5.41, 5.74) is 0. The fraction of sp³-hybridized carbons (Fsp3) is 0.907. The molecule has 0 aliphatic carbocycles. The number of unbranched alkanes of at least 4 members (excludes halogenated alkanes) is 42. The average Bonchev–Trinajstić information content (AvgIpc) is 1.75. The predicted molar refractivity (Wildman–Crippen MR) is 419 cm³/mol. The molecule has 4 aliphatic rings. The third-order valence-electron chi connectivity index (χ3n) is 20.8. The molecule has 4 fully saturated rings. The van der Waals surface area contributed by atoms with Crippen molar-refractivity contribution in [2.24, 2.45) is 23.7 Å². The minimum atomic E-state index is -0.245. The van der Waals surface area contributed by atoms with Crippen molar-refractivity contribution in [2.45, 2.75) is 402 Å². The molecule has 0 N–H and O–H groups in total. The van der Waals surface area contributed by atoms with Crippen molar-refractivity contribution < 1.29 is 57.3 Å². The van der Waals surface area contributed by atoms with Gasteiger partial charge in [0, 0.05) is 78.0 Å². The van der Waals surface area contributed by atoms with E-state index in [1.165, 1.54) is 244 Å². The third kappa shape index (κ3) is 51.1. The van der Waals surface area contributed by atoms with Gasteiger partial charge < -0.3 is 38.5 Å². The summed E-state index contributed by atoms with van der Waals surface area (Å²) in [5, 5.41) is 0. The molecule has 4 aliphatic heterocycles. The fourth-order valence-corrected chi connectivity index (χ4v) is 14.0. The van der Waals surface area contributed by atoms with Crippen LogP contribution in [0.2, 0.25) is 0 Å². The number of carbonyl (C=O) groups is 8. The Morgan fingerprint density at radius 3 is 0.520 bits per heavy atom. The van der Waals surface area contributed by atoms with E-state index >= 15 is 0 Å². The predicted octanol–water partition coefficient (Wildman–Crippen LogP) is 21.2. The van der Waals surface area contributed by atoms with E-state index in [9.17, 15) is 38.4 Å². The molecule has 596 valence electrons. The van der Waals surface area contributed by atoms with Crippen molar-refractivity contribution in [2.75, 3.05) is 78.8 Å². The molecule has 4 saturated heterocycles. The van der Waals surface area contributed by atoms with E-state index in [0.29, 0.717) is 78.3 Å². The molecule has 0 aromatic rings. The molecule has 0 radical (unpaired) electrons. The second-order valence-electron chi connectivity index (χ2n) is 30.5. The van der Waals surface area contributed by atoms with Gasteiger partial charge in [-0.2, -0.15) is 0 Å². The van der Waals surface area contributed by atoms with Crippen molar-refractivity contribution in [1.82, 2.24) is 19.6 Å². The first-order valence-electron chi connectivity index (χ1n) is 43.5. The largest absolute Gasteiger partial charge is 0.465 e. The molecule has 4 unspecified atom stereocenters. The maximum Gasteiger partial charge on any atom is 0.311 e. The Balaban J connectivity index is 0.000000685. The Kier molecular flexibility index (Phi) is 64.4. The number of hydrogen-bond acceptors (Lipinski definition) is 12. The molecule has 0 saturated carbocycles. The van der Waals surface area contributed by atoms with Gasteiger partial charge in [-0.15, -0.1) is 0 Å². The lowest BCUT2D eigenvalue weighted by molar-refractivity contribution is -0.149. The molecule has 102 heavy (non-hydrogen) atoms. The van der Waals surface area contributed by atoms with Crippen LogP contribution in [0.5, 0.6) is 0 Å². The molecule has 0 aromatic heterocycles. The van der Waals surface area contributed by atoms with Gasteiger partial charge >= 0.3 is 23.9 Å². The number of rotatable bonds is 62. The highest BCUT2D eigenvalue weighted by Gasteiger charge is 2.38. The molecule has 16 heteroatoms. The lowest BCUT2D eigenvalue weighted by Gasteiger charge is -2.16. The summed E-state index contributed by atoms with van der Waals surface area (Å²) in [6.45, 7) is 25.0. The standard InChI is InChI=1S/C27H51NO3.C21H39NO3.C20H37NO3.C18H33NO3/c1-3-5-7-9-10-11-12-13-14-15-16-17-18-19-21-28-24-25(23-26(28)29)27(30)31-22-20-8-6-4-2;1-3-5-7-9-10-11-12-13-15-22-18-19(17-20(22)23)21(24)25-16-14-8-6-4-2;1-3-5-7-9-10-11-12-14-21-17-18(16-19(21)22)20(23)24-15-13-8-6-4-2;1-3-5-7-9-10-12-19-15-16(14-17(19)20)18(21)22-13-11-8-6-4-2/h25H,3-24H2,1-2H3;19H,3-18H2,1-2H3;18H,3-17H2,1-2H3;16H,3-15H2,1-2H3. The van der Waals surface area contributed by atoms with Gasteiger partial charge in [0.2, 0.25) is 23.6 Å². The minimum absolute atomic E-state index is 0.114. The van der Waals surface area contributed by atoms with E-state index in [1.54, 1.807) is 0 Å². The van der Waals surface area contributed by atoms with Crippen LogP contribution in [0.3, 0.4) is 0 Å². The molecular formula is C86H160N4O12. The van der Waals surface area contributed by atoms with Gasteiger partial charge in [0.05, 0.1) is 50.1 Å². The number of likely N-dealkylation sites (tertiary alicyclic amines) is 4. The first kappa shape index (κ1) is 95.8. The molecule has 16 nitrogen and oxygen atoms in total. The Bertz CT molecular complexity index is 2080. The van der Waals surface area contributed by atoms with Crippen LogP contribution in [0.1, 0.15) is 402 Å². The van der Waals surface area contributed by atoms with Crippen LogP contribution in [-0.2, 0) is 57.3 Å². The van der Waals surface area contributed by atoms with Gasteiger partial charge in [0.25, 0.3) is 0 Å². The maximum atomic E-state index is 12.2. The van der Waals surface area contributed by atoms with Gasteiger partial charge in [-0.3, -0.25) is 38.4 Å². The molecule has 4 heterocycles. The van der Waals surface area contributed by atoms with E-state index in [2.05, 4.69) is 55.4 Å². The van der Waals surface area contributed by atoms with Crippen molar-refractivity contribution in [3.8, 4) is 0 Å². The summed E-state index contributed by atoms with van der Waals surface area (Å²) in [5.74, 6) is -1.20. The first-order valence-corrected chi connectivity index (χ1v) is 43.5. The van der Waals surface area contributed by atoms with Crippen LogP contribution in [-0.4, -0.2) is 146 Å². The SMILES string of the molecule is CCCCCCCCCCCCCCCCN1CC(C(=O)OCCCCCC)CC1=O.CCCCCCCCCCN1CC(C(=O)OCCCCCC)CC1=O.CCCCCCCCCN1CC(C(=O)OCCCCCC)CC1=O.CCCCCCCN1CC(C(=O)OCCCCCC)CC1=O. The van der Waals surface area contributed by atoms with E-state index in [4.69, 9.17) is 18.9 Å². The van der Waals surface area contributed by atoms with Gasteiger partial charge in [-0.25, -0.2) is 0 Å². The molecule has 4 rings (SSSR count). The number of esters is 4. The maximum absolute atomic E-state index is 12.2. The smallest absolute Gasteiger partial charge is 0.311 e. The van der Waals surface area contributed by atoms with Crippen LogP contribution in [0.4, 0.5) is 0 Å². The Hall–Kier alpha value is -4.24. The average molecular weight is 1440 g/mol. The normalized spacial score (nSPS) is 17.2. The minimum Gasteiger partial charge on any atom is -0.465 e. The highest BCUT2D eigenvalue weighted by molar-refractivity contribution is 5.88. The van der Waals surface area contributed by atoms with Crippen molar-refractivity contribution in [3.05, 3.63) is 0 Å². The molecule has 4 atom stereocenters. The van der Waals surface area contributed by atoms with Gasteiger partial charge in [-0.1, -0.05) is 325 Å². The lowest BCUT2D eigenvalue weighted by atomic mass is 10.0. The number of hydrogen-bond donors (Lipinski definition) is 0. The van der Waals surface area contributed by atoms with Crippen molar-refractivity contribution >= 4 is 47.5 Å². The van der Waals surface area contributed by atoms with Gasteiger partial charge in [-0.05, 0) is 51.4 Å². The zero-order valence-electron chi connectivity index (χ0n) is 67.7. The van der Waals surface area contributed by atoms with Crippen LogP contribution in [0, 0.1) is 23.7 Å². The van der Waals surface area contributed by atoms with Crippen LogP contribution < -0.4 is 0 Å². The van der Waals surface area contributed by atoms with Crippen LogP contribution >= 0.6 is 0 Å². The molecule has 0 bridgehead atoms. The number of ether oxygens (including phenoxy) is 4. The topological polar surface area (TPSA) is 186 Å². The monoisotopic (exact) mass is 1440 g/mol. The highest BCUT2D eigenvalue weighted by Crippen LogP contribution is 2.25. The van der Waals surface area contributed by atoms with Gasteiger partial charge in [0.1, 0.15) is 0 Å². The second kappa shape index (κ2) is 68.6. The Morgan fingerprint density at radius 1 is 0.225 bits per heavy atom. The zero-order valence-corrected chi connectivity index (χ0v) is 67.7. The van der Waals surface area contributed by atoms with Crippen molar-refractivity contribution in [3.63, 3.8) is 0 Å². The number of nitrogens with zero attached hydrogens (tertiary/aromatic N) is 4. The quantitative estimate of drug-likeness (QED) is 0.0319. The number of amides is 4. The summed E-state index contributed by atoms with van der Waals surface area (Å²) in [4.78, 5) is 104. The highest BCUT2D eigenvalue weighted by atomic mass is 16.5. The fourth-order valence-electron chi connectivity index (χ4n) is 14.0. The molecule has 0 spiro atoms. The zero-order chi connectivity index (χ0) is 74.7. The molecule has 4 amide bonds. The van der Waals surface area contributed by atoms with E-state index in [-0.39, 0.29) is 71.2 Å². The summed E-state index contributed by atoms with van der Waals surface area (Å²) in [7, 11) is 0. The molecular weight excluding hydrogens is 1280 g/mol. The number of carbonyl (C=O) groups excluding carboxylic acids is 8. The first-order chi connectivity index (χ1) is 49.7. The van der Waals surface area contributed by atoms with E-state index in [1.807, 2.05) is 19.6 Å². The third-order valence-corrected chi connectivity index (χ3v) is 20.8. The Morgan fingerprint density at radius 2 is 0.363 bits per heavy atom. The summed E-state index contributed by atoms with van der Waals surface area (Å²) >= 11 is 0. The summed E-state index contributed by atoms with van der Waals surface area (Å²) in [6.07, 6.45) is 62.6. The van der Waals surface area contributed by atoms with Crippen LogP contribution in [0.25, 0.3) is 0 Å². The van der Waals surface area contributed by atoms with Crippen LogP contribution in [0.15, 0.2) is 0 Å². The van der Waals surface area contributed by atoms with E-state index < -0.39 is 0 Å².